The molecule has 116 valence electrons. The number of fused-ring (bicyclic) bond motifs is 1. The summed E-state index contributed by atoms with van der Waals surface area (Å²) in [5.74, 6) is -0.520. The van der Waals surface area contributed by atoms with Crippen LogP contribution in [0.1, 0.15) is 10.4 Å². The topological polar surface area (TPSA) is 67.5 Å². The van der Waals surface area contributed by atoms with Gasteiger partial charge in [0.15, 0.2) is 11.5 Å². The number of carboxylic acid groups (broad SMARTS) is 1. The number of rotatable bonds is 3. The minimum absolute atomic E-state index is 0.131. The van der Waals surface area contributed by atoms with Crippen molar-refractivity contribution in [2.75, 3.05) is 0 Å². The third-order valence-electron chi connectivity index (χ3n) is 3.80. The first kappa shape index (κ1) is 14.1. The first-order valence-corrected chi connectivity index (χ1v) is 7.47. The number of pyridine rings is 1. The first-order valence-electron chi connectivity index (χ1n) is 7.47. The zero-order valence-corrected chi connectivity index (χ0v) is 12.6. The van der Waals surface area contributed by atoms with Crippen molar-refractivity contribution in [1.29, 1.82) is 0 Å². The van der Waals surface area contributed by atoms with E-state index in [1.807, 2.05) is 60.7 Å². The maximum atomic E-state index is 11.7. The summed E-state index contributed by atoms with van der Waals surface area (Å²) in [6.45, 7) is 0. The lowest BCUT2D eigenvalue weighted by molar-refractivity contribution is 0.0698. The Balaban J connectivity index is 1.95. The van der Waals surface area contributed by atoms with E-state index >= 15 is 0 Å². The summed E-state index contributed by atoms with van der Waals surface area (Å²) in [4.78, 5) is 16.1. The van der Waals surface area contributed by atoms with Gasteiger partial charge in [0, 0.05) is 17.3 Å². The zero-order valence-electron chi connectivity index (χ0n) is 12.6. The highest BCUT2D eigenvalue weighted by molar-refractivity contribution is 5.96. The van der Waals surface area contributed by atoms with Gasteiger partial charge in [0.1, 0.15) is 5.56 Å². The summed E-state index contributed by atoms with van der Waals surface area (Å²) in [6.07, 6.45) is 1.80. The summed E-state index contributed by atoms with van der Waals surface area (Å²) < 4.78 is 1.54. The number of benzene rings is 2. The normalized spacial score (nSPS) is 10.8. The van der Waals surface area contributed by atoms with E-state index in [1.54, 1.807) is 12.3 Å². The molecule has 0 saturated carbocycles. The van der Waals surface area contributed by atoms with Gasteiger partial charge in [-0.05, 0) is 11.6 Å². The fraction of sp³-hybridized carbons (Fsp3) is 0. The van der Waals surface area contributed by atoms with Crippen LogP contribution in [0.3, 0.4) is 0 Å². The van der Waals surface area contributed by atoms with Gasteiger partial charge in [-0.25, -0.2) is 14.3 Å². The van der Waals surface area contributed by atoms with Crippen LogP contribution in [0.5, 0.6) is 0 Å². The molecule has 2 aromatic carbocycles. The minimum atomic E-state index is -1.02. The summed E-state index contributed by atoms with van der Waals surface area (Å²) >= 11 is 0. The highest BCUT2D eigenvalue weighted by Crippen LogP contribution is 2.24. The van der Waals surface area contributed by atoms with Crippen LogP contribution in [0.15, 0.2) is 72.9 Å². The van der Waals surface area contributed by atoms with Gasteiger partial charge in [-0.3, -0.25) is 0 Å². The number of hydrogen-bond donors (Lipinski definition) is 1. The van der Waals surface area contributed by atoms with Gasteiger partial charge in [0.05, 0.1) is 0 Å². The molecule has 2 aromatic heterocycles. The molecule has 4 rings (SSSR count). The Morgan fingerprint density at radius 1 is 0.875 bits per heavy atom. The number of carboxylic acids is 1. The van der Waals surface area contributed by atoms with Crippen LogP contribution >= 0.6 is 0 Å². The molecule has 0 radical (unpaired) electrons. The van der Waals surface area contributed by atoms with Crippen molar-refractivity contribution >= 4 is 11.6 Å². The molecule has 0 atom stereocenters. The predicted octanol–water partition coefficient (Wildman–Crippen LogP) is 3.76. The third-order valence-corrected chi connectivity index (χ3v) is 3.80. The average Bonchev–Trinajstić information content (AvgIpc) is 3.06. The third kappa shape index (κ3) is 2.42. The molecule has 0 aliphatic rings. The SMILES string of the molecule is O=C(O)c1cc(-c2ccccc2)cn2nc(-c3ccccc3)nc12. The van der Waals surface area contributed by atoms with Crippen LogP contribution in [0, 0.1) is 0 Å². The van der Waals surface area contributed by atoms with E-state index < -0.39 is 5.97 Å². The molecular formula is C19H13N3O2. The number of carbonyl (C=O) groups is 1. The van der Waals surface area contributed by atoms with Crippen LogP contribution in [0.4, 0.5) is 0 Å². The summed E-state index contributed by atoms with van der Waals surface area (Å²) in [5, 5.41) is 14.0. The summed E-state index contributed by atoms with van der Waals surface area (Å²) in [6, 6.07) is 20.7. The van der Waals surface area contributed by atoms with Crippen LogP contribution < -0.4 is 0 Å². The predicted molar refractivity (Wildman–Crippen MR) is 90.8 cm³/mol. The Kier molecular flexibility index (Phi) is 3.31. The maximum absolute atomic E-state index is 11.7. The highest BCUT2D eigenvalue weighted by atomic mass is 16.4. The molecule has 1 N–H and O–H groups in total. The second kappa shape index (κ2) is 5.62. The van der Waals surface area contributed by atoms with Crippen molar-refractivity contribution in [3.8, 4) is 22.5 Å². The molecule has 0 saturated heterocycles. The van der Waals surface area contributed by atoms with Gasteiger partial charge in [0.2, 0.25) is 0 Å². The molecule has 5 nitrogen and oxygen atoms in total. The molecule has 0 aliphatic carbocycles. The van der Waals surface area contributed by atoms with E-state index in [4.69, 9.17) is 0 Å². The molecule has 4 aromatic rings. The average molecular weight is 315 g/mol. The molecule has 2 heterocycles. The second-order valence-electron chi connectivity index (χ2n) is 5.38. The quantitative estimate of drug-likeness (QED) is 0.625. The number of aromatic nitrogens is 3. The van der Waals surface area contributed by atoms with E-state index in [0.717, 1.165) is 16.7 Å². The molecule has 0 aliphatic heterocycles. The molecule has 0 bridgehead atoms. The molecule has 5 heteroatoms. The highest BCUT2D eigenvalue weighted by Gasteiger charge is 2.16. The lowest BCUT2D eigenvalue weighted by Crippen LogP contribution is -2.02. The van der Waals surface area contributed by atoms with Gasteiger partial charge < -0.3 is 5.11 Å². The molecule has 24 heavy (non-hydrogen) atoms. The lowest BCUT2D eigenvalue weighted by atomic mass is 10.1. The first-order chi connectivity index (χ1) is 11.7. The van der Waals surface area contributed by atoms with Gasteiger partial charge in [0.25, 0.3) is 0 Å². The van der Waals surface area contributed by atoms with Crippen molar-refractivity contribution in [2.45, 2.75) is 0 Å². The largest absolute Gasteiger partial charge is 0.478 e. The van der Waals surface area contributed by atoms with E-state index in [0.29, 0.717) is 11.5 Å². The lowest BCUT2D eigenvalue weighted by Gasteiger charge is -2.04. The van der Waals surface area contributed by atoms with Crippen LogP contribution in [0.2, 0.25) is 0 Å². The van der Waals surface area contributed by atoms with E-state index in [-0.39, 0.29) is 5.56 Å². The van der Waals surface area contributed by atoms with Gasteiger partial charge in [-0.15, -0.1) is 5.10 Å². The fourth-order valence-electron chi connectivity index (χ4n) is 2.64. The van der Waals surface area contributed by atoms with Crippen LogP contribution in [-0.2, 0) is 0 Å². The Morgan fingerprint density at radius 2 is 1.50 bits per heavy atom. The van der Waals surface area contributed by atoms with Crippen molar-refractivity contribution < 1.29 is 9.90 Å². The summed E-state index contributed by atoms with van der Waals surface area (Å²) in [7, 11) is 0. The second-order valence-corrected chi connectivity index (χ2v) is 5.38. The summed E-state index contributed by atoms with van der Waals surface area (Å²) in [5.41, 5.74) is 3.02. The number of nitrogens with zero attached hydrogens (tertiary/aromatic N) is 3. The fourth-order valence-corrected chi connectivity index (χ4v) is 2.64. The Morgan fingerprint density at radius 3 is 2.12 bits per heavy atom. The molecule has 0 spiro atoms. The Hall–Kier alpha value is -3.47. The monoisotopic (exact) mass is 315 g/mol. The van der Waals surface area contributed by atoms with Gasteiger partial charge in [-0.1, -0.05) is 60.7 Å². The van der Waals surface area contributed by atoms with Crippen molar-refractivity contribution in [3.05, 3.63) is 78.5 Å². The molecule has 0 amide bonds. The van der Waals surface area contributed by atoms with Gasteiger partial charge in [-0.2, -0.15) is 0 Å². The maximum Gasteiger partial charge on any atom is 0.339 e. The number of hydrogen-bond acceptors (Lipinski definition) is 3. The van der Waals surface area contributed by atoms with Crippen molar-refractivity contribution in [1.82, 2.24) is 14.6 Å². The molecule has 0 fully saturated rings. The zero-order chi connectivity index (χ0) is 16.5. The van der Waals surface area contributed by atoms with Crippen LogP contribution in [-0.4, -0.2) is 25.7 Å². The van der Waals surface area contributed by atoms with Crippen molar-refractivity contribution in [3.63, 3.8) is 0 Å². The van der Waals surface area contributed by atoms with E-state index in [1.165, 1.54) is 4.52 Å². The Labute approximate surface area is 137 Å². The van der Waals surface area contributed by atoms with E-state index in [2.05, 4.69) is 10.1 Å². The standard InChI is InChI=1S/C19H13N3O2/c23-19(24)16-11-15(13-7-3-1-4-8-13)12-22-18(16)20-17(21-22)14-9-5-2-6-10-14/h1-12H,(H,23,24). The molecule has 0 unspecified atom stereocenters. The van der Waals surface area contributed by atoms with Crippen molar-refractivity contribution in [2.24, 2.45) is 0 Å². The van der Waals surface area contributed by atoms with Crippen LogP contribution in [0.25, 0.3) is 28.2 Å². The van der Waals surface area contributed by atoms with E-state index in [9.17, 15) is 9.90 Å². The molecular weight excluding hydrogens is 302 g/mol. The smallest absolute Gasteiger partial charge is 0.339 e. The number of aromatic carboxylic acids is 1. The van der Waals surface area contributed by atoms with Gasteiger partial charge >= 0.3 is 5.97 Å². The Bertz CT molecular complexity index is 1020. The minimum Gasteiger partial charge on any atom is -0.478 e.